The van der Waals surface area contributed by atoms with Crippen molar-refractivity contribution < 1.29 is 9.47 Å². The lowest BCUT2D eigenvalue weighted by Gasteiger charge is -2.21. The van der Waals surface area contributed by atoms with Gasteiger partial charge in [-0.05, 0) is 36.6 Å². The first-order valence-corrected chi connectivity index (χ1v) is 6.43. The lowest BCUT2D eigenvalue weighted by atomic mass is 9.98. The smallest absolute Gasteiger partial charge is 0.162 e. The molecule has 3 rings (SSSR count). The molecule has 2 aliphatic heterocycles. The average molecular weight is 284 g/mol. The summed E-state index contributed by atoms with van der Waals surface area (Å²) in [6.07, 6.45) is 1.19. The Morgan fingerprint density at radius 3 is 2.62 bits per heavy atom. The molecule has 1 aromatic rings. The number of benzene rings is 1. The van der Waals surface area contributed by atoms with Crippen molar-refractivity contribution in [2.45, 2.75) is 12.3 Å². The summed E-state index contributed by atoms with van der Waals surface area (Å²) in [5.74, 6) is 2.33. The van der Waals surface area contributed by atoms with Crippen LogP contribution in [0.1, 0.15) is 17.9 Å². The van der Waals surface area contributed by atoms with Crippen molar-refractivity contribution >= 4 is 15.9 Å². The summed E-state index contributed by atoms with van der Waals surface area (Å²) in [5, 5.41) is 3.39. The molecule has 2 heterocycles. The molecule has 0 radical (unpaired) electrons. The predicted octanol–water partition coefficient (Wildman–Crippen LogP) is 2.30. The molecule has 0 bridgehead atoms. The fraction of sp³-hybridized carbons (Fsp3) is 0.500. The summed E-state index contributed by atoms with van der Waals surface area (Å²) in [6, 6.07) is 4.15. The van der Waals surface area contributed by atoms with E-state index in [1.165, 1.54) is 12.0 Å². The summed E-state index contributed by atoms with van der Waals surface area (Å²) in [6.45, 7) is 3.45. The van der Waals surface area contributed by atoms with E-state index < -0.39 is 0 Å². The van der Waals surface area contributed by atoms with Crippen LogP contribution in [0.25, 0.3) is 0 Å². The predicted molar refractivity (Wildman–Crippen MR) is 65.4 cm³/mol. The van der Waals surface area contributed by atoms with Crippen LogP contribution in [0.2, 0.25) is 0 Å². The number of halogens is 1. The van der Waals surface area contributed by atoms with Gasteiger partial charge in [0.1, 0.15) is 13.2 Å². The van der Waals surface area contributed by atoms with Crippen LogP contribution >= 0.6 is 15.9 Å². The molecule has 1 saturated heterocycles. The lowest BCUT2D eigenvalue weighted by molar-refractivity contribution is 0.171. The third-order valence-corrected chi connectivity index (χ3v) is 3.85. The van der Waals surface area contributed by atoms with Crippen molar-refractivity contribution in [3.8, 4) is 11.5 Å². The van der Waals surface area contributed by atoms with Gasteiger partial charge in [-0.15, -0.1) is 0 Å². The van der Waals surface area contributed by atoms with Gasteiger partial charge in [0, 0.05) is 11.0 Å². The largest absolute Gasteiger partial charge is 0.486 e. The first-order chi connectivity index (χ1) is 7.84. The number of nitrogens with one attached hydrogen (secondary N) is 1. The average Bonchev–Trinajstić information content (AvgIpc) is 2.81. The van der Waals surface area contributed by atoms with Gasteiger partial charge >= 0.3 is 0 Å². The monoisotopic (exact) mass is 283 g/mol. The Hall–Kier alpha value is -0.740. The quantitative estimate of drug-likeness (QED) is 0.858. The molecular formula is C12H14BrNO2. The van der Waals surface area contributed by atoms with Crippen LogP contribution in [0, 0.1) is 0 Å². The molecule has 1 fully saturated rings. The van der Waals surface area contributed by atoms with E-state index in [0.717, 1.165) is 29.1 Å². The highest BCUT2D eigenvalue weighted by Gasteiger charge is 2.22. The van der Waals surface area contributed by atoms with Crippen molar-refractivity contribution in [2.75, 3.05) is 26.3 Å². The Labute approximate surface area is 103 Å². The molecule has 0 saturated carbocycles. The maximum absolute atomic E-state index is 5.61. The van der Waals surface area contributed by atoms with Crippen LogP contribution in [0.15, 0.2) is 16.6 Å². The Morgan fingerprint density at radius 1 is 1.19 bits per heavy atom. The number of fused-ring (bicyclic) bond motifs is 1. The van der Waals surface area contributed by atoms with E-state index >= 15 is 0 Å². The Kier molecular flexibility index (Phi) is 2.77. The second-order valence-electron chi connectivity index (χ2n) is 4.21. The highest BCUT2D eigenvalue weighted by Crippen LogP contribution is 2.39. The van der Waals surface area contributed by atoms with E-state index in [1.54, 1.807) is 0 Å². The van der Waals surface area contributed by atoms with Gasteiger partial charge in [-0.1, -0.05) is 15.9 Å². The van der Waals surface area contributed by atoms with Gasteiger partial charge in [-0.3, -0.25) is 0 Å². The standard InChI is InChI=1S/C12H14BrNO2/c13-10-6-12-11(15-3-4-16-12)5-9(10)8-1-2-14-7-8/h5-6,8,14H,1-4,7H2. The van der Waals surface area contributed by atoms with Crippen molar-refractivity contribution in [3.63, 3.8) is 0 Å². The molecule has 2 aliphatic rings. The van der Waals surface area contributed by atoms with Gasteiger partial charge in [-0.2, -0.15) is 0 Å². The molecule has 16 heavy (non-hydrogen) atoms. The molecule has 1 N–H and O–H groups in total. The minimum absolute atomic E-state index is 0.588. The maximum atomic E-state index is 5.61. The lowest BCUT2D eigenvalue weighted by Crippen LogP contribution is -2.16. The number of rotatable bonds is 1. The van der Waals surface area contributed by atoms with E-state index in [2.05, 4.69) is 27.3 Å². The van der Waals surface area contributed by atoms with Crippen LogP contribution in [-0.4, -0.2) is 26.3 Å². The summed E-state index contributed by atoms with van der Waals surface area (Å²) >= 11 is 3.62. The molecule has 0 aliphatic carbocycles. The first kappa shape index (κ1) is 10.4. The van der Waals surface area contributed by atoms with E-state index in [9.17, 15) is 0 Å². The van der Waals surface area contributed by atoms with Crippen molar-refractivity contribution in [1.29, 1.82) is 0 Å². The highest BCUT2D eigenvalue weighted by atomic mass is 79.9. The van der Waals surface area contributed by atoms with Gasteiger partial charge in [-0.25, -0.2) is 0 Å². The normalized spacial score (nSPS) is 23.4. The fourth-order valence-corrected chi connectivity index (χ4v) is 2.96. The second kappa shape index (κ2) is 4.26. The minimum atomic E-state index is 0.588. The molecule has 0 spiro atoms. The number of ether oxygens (including phenoxy) is 2. The maximum Gasteiger partial charge on any atom is 0.162 e. The van der Waals surface area contributed by atoms with Crippen molar-refractivity contribution in [3.05, 3.63) is 22.2 Å². The van der Waals surface area contributed by atoms with Crippen molar-refractivity contribution in [2.24, 2.45) is 0 Å². The molecule has 86 valence electrons. The van der Waals surface area contributed by atoms with Crippen molar-refractivity contribution in [1.82, 2.24) is 5.32 Å². The molecule has 0 aromatic heterocycles. The molecule has 1 unspecified atom stereocenters. The zero-order chi connectivity index (χ0) is 11.0. The minimum Gasteiger partial charge on any atom is -0.486 e. The van der Waals surface area contributed by atoms with Gasteiger partial charge in [0.05, 0.1) is 0 Å². The van der Waals surface area contributed by atoms with Crippen LogP contribution in [-0.2, 0) is 0 Å². The summed E-state index contributed by atoms with van der Waals surface area (Å²) < 4.78 is 12.3. The molecule has 4 heteroatoms. The summed E-state index contributed by atoms with van der Waals surface area (Å²) in [5.41, 5.74) is 1.33. The molecular weight excluding hydrogens is 270 g/mol. The molecule has 0 amide bonds. The van der Waals surface area contributed by atoms with E-state index in [-0.39, 0.29) is 0 Å². The number of hydrogen-bond acceptors (Lipinski definition) is 3. The third-order valence-electron chi connectivity index (χ3n) is 3.16. The zero-order valence-corrected chi connectivity index (χ0v) is 10.5. The Bertz CT molecular complexity index is 402. The van der Waals surface area contributed by atoms with Crippen LogP contribution < -0.4 is 14.8 Å². The third kappa shape index (κ3) is 1.80. The number of hydrogen-bond donors (Lipinski definition) is 1. The Morgan fingerprint density at radius 2 is 1.94 bits per heavy atom. The highest BCUT2D eigenvalue weighted by molar-refractivity contribution is 9.10. The fourth-order valence-electron chi connectivity index (χ4n) is 2.31. The topological polar surface area (TPSA) is 30.5 Å². The van der Waals surface area contributed by atoms with Gasteiger partial charge in [0.2, 0.25) is 0 Å². The second-order valence-corrected chi connectivity index (χ2v) is 5.06. The molecule has 1 aromatic carbocycles. The SMILES string of the molecule is Brc1cc2c(cc1C1CCNC1)OCCO2. The molecule has 1 atom stereocenters. The Balaban J connectivity index is 1.98. The van der Waals surface area contributed by atoms with Gasteiger partial charge in [0.15, 0.2) is 11.5 Å². The zero-order valence-electron chi connectivity index (χ0n) is 8.96. The first-order valence-electron chi connectivity index (χ1n) is 5.64. The van der Waals surface area contributed by atoms with Gasteiger partial charge < -0.3 is 14.8 Å². The summed E-state index contributed by atoms with van der Waals surface area (Å²) in [4.78, 5) is 0. The van der Waals surface area contributed by atoms with Crippen LogP contribution in [0.4, 0.5) is 0 Å². The summed E-state index contributed by atoms with van der Waals surface area (Å²) in [7, 11) is 0. The molecule has 3 nitrogen and oxygen atoms in total. The van der Waals surface area contributed by atoms with Gasteiger partial charge in [0.25, 0.3) is 0 Å². The van der Waals surface area contributed by atoms with E-state index in [0.29, 0.717) is 19.1 Å². The van der Waals surface area contributed by atoms with Crippen LogP contribution in [0.3, 0.4) is 0 Å². The van der Waals surface area contributed by atoms with E-state index in [4.69, 9.17) is 9.47 Å². The van der Waals surface area contributed by atoms with E-state index in [1.807, 2.05) is 6.07 Å². The van der Waals surface area contributed by atoms with Crippen LogP contribution in [0.5, 0.6) is 11.5 Å².